The van der Waals surface area contributed by atoms with Gasteiger partial charge in [-0.15, -0.1) is 0 Å². The Bertz CT molecular complexity index is 886. The summed E-state index contributed by atoms with van der Waals surface area (Å²) in [6.45, 7) is 0.386. The highest BCUT2D eigenvalue weighted by Gasteiger charge is 2.21. The van der Waals surface area contributed by atoms with Crippen LogP contribution in [0.15, 0.2) is 85.2 Å². The van der Waals surface area contributed by atoms with Crippen molar-refractivity contribution in [3.63, 3.8) is 0 Å². The van der Waals surface area contributed by atoms with Gasteiger partial charge in [0.25, 0.3) is 0 Å². The van der Waals surface area contributed by atoms with Gasteiger partial charge in [-0.2, -0.15) is 0 Å². The molecule has 3 aromatic rings. The third-order valence-electron chi connectivity index (χ3n) is 4.15. The maximum absolute atomic E-state index is 12.8. The normalized spacial score (nSPS) is 11.3. The number of hydrogen-bond donors (Lipinski definition) is 3. The molecule has 1 aromatic heterocycles. The molecular weight excluding hydrogens is 352 g/mol. The number of aromatic nitrogens is 1. The van der Waals surface area contributed by atoms with Crippen molar-refractivity contribution in [2.24, 2.45) is 0 Å². The molecule has 1 atom stereocenters. The highest BCUT2D eigenvalue weighted by molar-refractivity contribution is 5.97. The lowest BCUT2D eigenvalue weighted by molar-refractivity contribution is -0.117. The molecule has 0 aliphatic heterocycles. The van der Waals surface area contributed by atoms with Gasteiger partial charge in [0.05, 0.1) is 0 Å². The van der Waals surface area contributed by atoms with Crippen LogP contribution in [0, 0.1) is 0 Å². The van der Waals surface area contributed by atoms with Gasteiger partial charge in [0.1, 0.15) is 6.04 Å². The van der Waals surface area contributed by atoms with Crippen molar-refractivity contribution < 1.29 is 9.59 Å². The molecule has 3 N–H and O–H groups in total. The van der Waals surface area contributed by atoms with Gasteiger partial charge < -0.3 is 16.0 Å². The predicted molar refractivity (Wildman–Crippen MR) is 109 cm³/mol. The van der Waals surface area contributed by atoms with Gasteiger partial charge in [-0.1, -0.05) is 60.7 Å². The van der Waals surface area contributed by atoms with Crippen LogP contribution < -0.4 is 16.0 Å². The fourth-order valence-corrected chi connectivity index (χ4v) is 2.71. The van der Waals surface area contributed by atoms with Crippen molar-refractivity contribution >= 4 is 17.6 Å². The number of carbonyl (C=O) groups excluding carboxylic acids is 2. The lowest BCUT2D eigenvalue weighted by Crippen LogP contribution is -2.49. The van der Waals surface area contributed by atoms with Crippen LogP contribution in [0.4, 0.5) is 10.5 Å². The number of amides is 3. The second kappa shape index (κ2) is 9.87. The molecule has 0 bridgehead atoms. The zero-order valence-corrected chi connectivity index (χ0v) is 15.3. The number of benzene rings is 2. The van der Waals surface area contributed by atoms with Crippen LogP contribution in [-0.4, -0.2) is 23.0 Å². The van der Waals surface area contributed by atoms with Crippen LogP contribution in [0.25, 0.3) is 0 Å². The third kappa shape index (κ3) is 5.95. The average molecular weight is 374 g/mol. The third-order valence-corrected chi connectivity index (χ3v) is 4.15. The maximum atomic E-state index is 12.8. The lowest BCUT2D eigenvalue weighted by atomic mass is 10.1. The Hall–Kier alpha value is -3.67. The average Bonchev–Trinajstić information content (AvgIpc) is 2.74. The zero-order chi connectivity index (χ0) is 19.6. The monoisotopic (exact) mass is 374 g/mol. The molecule has 1 heterocycles. The van der Waals surface area contributed by atoms with E-state index in [1.165, 1.54) is 0 Å². The van der Waals surface area contributed by atoms with Gasteiger partial charge in [0, 0.05) is 31.0 Å². The molecule has 0 aliphatic carbocycles. The highest BCUT2D eigenvalue weighted by Crippen LogP contribution is 2.08. The van der Waals surface area contributed by atoms with E-state index < -0.39 is 12.1 Å². The van der Waals surface area contributed by atoms with E-state index in [4.69, 9.17) is 0 Å². The van der Waals surface area contributed by atoms with Crippen LogP contribution >= 0.6 is 0 Å². The second-order valence-electron chi connectivity index (χ2n) is 6.28. The first-order chi connectivity index (χ1) is 13.7. The summed E-state index contributed by atoms with van der Waals surface area (Å²) in [7, 11) is 0. The largest absolute Gasteiger partial charge is 0.334 e. The summed E-state index contributed by atoms with van der Waals surface area (Å²) in [5, 5.41) is 8.39. The number of rotatable bonds is 7. The summed E-state index contributed by atoms with van der Waals surface area (Å²) in [5.41, 5.74) is 2.57. The molecule has 1 unspecified atom stereocenters. The number of urea groups is 1. The molecular formula is C22H22N4O2. The van der Waals surface area contributed by atoms with Gasteiger partial charge in [0.2, 0.25) is 5.91 Å². The number of nitrogens with one attached hydrogen (secondary N) is 3. The second-order valence-corrected chi connectivity index (χ2v) is 6.28. The molecule has 0 radical (unpaired) electrons. The maximum Gasteiger partial charge on any atom is 0.315 e. The molecule has 3 rings (SSSR count). The van der Waals surface area contributed by atoms with Crippen molar-refractivity contribution in [3.05, 3.63) is 96.3 Å². The Morgan fingerprint density at radius 1 is 0.821 bits per heavy atom. The Morgan fingerprint density at radius 2 is 1.43 bits per heavy atom. The summed E-state index contributed by atoms with van der Waals surface area (Å²) in [6.07, 6.45) is 3.58. The van der Waals surface area contributed by atoms with E-state index in [9.17, 15) is 9.59 Å². The van der Waals surface area contributed by atoms with Crippen molar-refractivity contribution in [2.45, 2.75) is 19.0 Å². The predicted octanol–water partition coefficient (Wildman–Crippen LogP) is 3.13. The van der Waals surface area contributed by atoms with E-state index in [0.29, 0.717) is 18.7 Å². The van der Waals surface area contributed by atoms with Crippen LogP contribution in [-0.2, 0) is 17.8 Å². The van der Waals surface area contributed by atoms with Gasteiger partial charge in [0.15, 0.2) is 0 Å². The zero-order valence-electron chi connectivity index (χ0n) is 15.3. The summed E-state index contributed by atoms with van der Waals surface area (Å²) >= 11 is 0. The van der Waals surface area contributed by atoms with E-state index in [1.807, 2.05) is 60.7 Å². The molecule has 3 amide bonds. The summed E-state index contributed by atoms with van der Waals surface area (Å²) in [6, 6.07) is 21.5. The minimum atomic E-state index is -0.716. The SMILES string of the molecule is O=C(NCc1ccccc1)NC(Cc1ccccc1)C(=O)Nc1ccncc1. The Morgan fingerprint density at radius 3 is 2.07 bits per heavy atom. The highest BCUT2D eigenvalue weighted by atomic mass is 16.2. The van der Waals surface area contributed by atoms with Crippen LogP contribution in [0.2, 0.25) is 0 Å². The van der Waals surface area contributed by atoms with Crippen LogP contribution in [0.5, 0.6) is 0 Å². The standard InChI is InChI=1S/C22H22N4O2/c27-21(25-19-11-13-23-14-12-19)20(15-17-7-3-1-4-8-17)26-22(28)24-16-18-9-5-2-6-10-18/h1-14,20H,15-16H2,(H,23,25,27)(H2,24,26,28). The Kier molecular flexibility index (Phi) is 6.73. The lowest BCUT2D eigenvalue weighted by Gasteiger charge is -2.19. The molecule has 0 fully saturated rings. The van der Waals surface area contributed by atoms with Crippen molar-refractivity contribution in [2.75, 3.05) is 5.32 Å². The Balaban J connectivity index is 1.64. The van der Waals surface area contributed by atoms with Crippen molar-refractivity contribution in [3.8, 4) is 0 Å². The quantitative estimate of drug-likeness (QED) is 0.594. The Labute approximate surface area is 164 Å². The van der Waals surface area contributed by atoms with Crippen LogP contribution in [0.3, 0.4) is 0 Å². The topological polar surface area (TPSA) is 83.1 Å². The van der Waals surface area contributed by atoms with Gasteiger partial charge in [-0.05, 0) is 23.3 Å². The van der Waals surface area contributed by atoms with Gasteiger partial charge >= 0.3 is 6.03 Å². The molecule has 28 heavy (non-hydrogen) atoms. The summed E-state index contributed by atoms with van der Waals surface area (Å²) in [5.74, 6) is -0.287. The minimum Gasteiger partial charge on any atom is -0.334 e. The molecule has 6 nitrogen and oxygen atoms in total. The van der Waals surface area contributed by atoms with E-state index in [2.05, 4.69) is 20.9 Å². The smallest absolute Gasteiger partial charge is 0.315 e. The van der Waals surface area contributed by atoms with Crippen LogP contribution in [0.1, 0.15) is 11.1 Å². The molecule has 0 spiro atoms. The number of hydrogen-bond acceptors (Lipinski definition) is 3. The fraction of sp³-hybridized carbons (Fsp3) is 0.136. The molecule has 2 aromatic carbocycles. The molecule has 0 saturated carbocycles. The van der Waals surface area contributed by atoms with E-state index in [-0.39, 0.29) is 5.91 Å². The first-order valence-corrected chi connectivity index (χ1v) is 9.04. The number of carbonyl (C=O) groups is 2. The van der Waals surface area contributed by atoms with E-state index >= 15 is 0 Å². The first-order valence-electron chi connectivity index (χ1n) is 9.04. The number of anilines is 1. The molecule has 142 valence electrons. The van der Waals surface area contributed by atoms with Crippen molar-refractivity contribution in [1.29, 1.82) is 0 Å². The molecule has 0 aliphatic rings. The first kappa shape index (κ1) is 19.1. The van der Waals surface area contributed by atoms with E-state index in [0.717, 1.165) is 11.1 Å². The molecule has 6 heteroatoms. The van der Waals surface area contributed by atoms with E-state index in [1.54, 1.807) is 24.5 Å². The number of nitrogens with zero attached hydrogens (tertiary/aromatic N) is 1. The fourth-order valence-electron chi connectivity index (χ4n) is 2.71. The number of pyridine rings is 1. The minimum absolute atomic E-state index is 0.287. The molecule has 0 saturated heterocycles. The summed E-state index contributed by atoms with van der Waals surface area (Å²) < 4.78 is 0. The van der Waals surface area contributed by atoms with Gasteiger partial charge in [-0.25, -0.2) is 4.79 Å². The summed E-state index contributed by atoms with van der Waals surface area (Å²) in [4.78, 5) is 29.1. The van der Waals surface area contributed by atoms with Crippen molar-refractivity contribution in [1.82, 2.24) is 15.6 Å². The van der Waals surface area contributed by atoms with Gasteiger partial charge in [-0.3, -0.25) is 9.78 Å².